The van der Waals surface area contributed by atoms with Gasteiger partial charge < -0.3 is 15.1 Å². The SMILES string of the molecule is CC(=O)c1c(C)nn(CCC(=O)N2C[C@@]3(C(=O)O)C[C@@]3(C(=O)O)C2)c1C. The number of carbonyl (C=O) groups is 4. The molecule has 1 aromatic heterocycles. The number of nitrogens with zero attached hydrogens (tertiary/aromatic N) is 3. The molecule has 0 aromatic carbocycles. The van der Waals surface area contributed by atoms with E-state index in [0.717, 1.165) is 0 Å². The van der Waals surface area contributed by atoms with Crippen molar-refractivity contribution in [1.29, 1.82) is 0 Å². The molecule has 2 heterocycles. The first kappa shape index (κ1) is 18.1. The van der Waals surface area contributed by atoms with Crippen molar-refractivity contribution >= 4 is 23.6 Å². The number of aliphatic carboxylic acids is 2. The predicted molar refractivity (Wildman–Crippen MR) is 87.7 cm³/mol. The molecule has 1 aromatic rings. The third-order valence-corrected chi connectivity index (χ3v) is 5.76. The smallest absolute Gasteiger partial charge is 0.312 e. The molecule has 9 nitrogen and oxygen atoms in total. The van der Waals surface area contributed by atoms with Gasteiger partial charge in [-0.2, -0.15) is 5.10 Å². The highest BCUT2D eigenvalue weighted by molar-refractivity contribution is 5.97. The summed E-state index contributed by atoms with van der Waals surface area (Å²) in [6.07, 6.45) is 0.124. The van der Waals surface area contributed by atoms with E-state index in [-0.39, 0.29) is 44.2 Å². The molecule has 9 heteroatoms. The summed E-state index contributed by atoms with van der Waals surface area (Å²) in [5, 5.41) is 23.1. The molecule has 140 valence electrons. The summed E-state index contributed by atoms with van der Waals surface area (Å²) >= 11 is 0. The van der Waals surface area contributed by atoms with Crippen LogP contribution in [0.15, 0.2) is 0 Å². The number of hydrogen-bond donors (Lipinski definition) is 2. The highest BCUT2D eigenvalue weighted by Crippen LogP contribution is 2.68. The topological polar surface area (TPSA) is 130 Å². The Hall–Kier alpha value is -2.71. The van der Waals surface area contributed by atoms with Gasteiger partial charge in [-0.05, 0) is 27.2 Å². The first-order valence-electron chi connectivity index (χ1n) is 8.35. The first-order valence-corrected chi connectivity index (χ1v) is 8.35. The van der Waals surface area contributed by atoms with Crippen LogP contribution in [0.2, 0.25) is 0 Å². The number of carboxylic acids is 2. The van der Waals surface area contributed by atoms with Crippen LogP contribution in [0.4, 0.5) is 0 Å². The molecule has 1 amide bonds. The van der Waals surface area contributed by atoms with Gasteiger partial charge in [0.1, 0.15) is 10.8 Å². The maximum atomic E-state index is 12.5. The minimum atomic E-state index is -1.37. The molecule has 2 fully saturated rings. The molecule has 1 aliphatic carbocycles. The molecule has 1 saturated carbocycles. The van der Waals surface area contributed by atoms with Gasteiger partial charge in [0.05, 0.1) is 11.3 Å². The second-order valence-electron chi connectivity index (χ2n) is 7.28. The normalized spacial score (nSPS) is 26.5. The number of carboxylic acid groups (broad SMARTS) is 2. The van der Waals surface area contributed by atoms with Crippen LogP contribution in [0, 0.1) is 24.7 Å². The van der Waals surface area contributed by atoms with Crippen molar-refractivity contribution < 1.29 is 29.4 Å². The van der Waals surface area contributed by atoms with Crippen LogP contribution in [0.1, 0.15) is 41.5 Å². The average Bonchev–Trinajstić information content (AvgIpc) is 2.94. The molecule has 26 heavy (non-hydrogen) atoms. The number of aryl methyl sites for hydroxylation is 2. The van der Waals surface area contributed by atoms with Gasteiger partial charge in [0.2, 0.25) is 5.91 Å². The minimum Gasteiger partial charge on any atom is -0.481 e. The van der Waals surface area contributed by atoms with E-state index in [9.17, 15) is 29.4 Å². The number of amides is 1. The number of Topliss-reactive ketones (excluding diaryl/α,β-unsaturated/α-hetero) is 1. The predicted octanol–water partition coefficient (Wildman–Crippen LogP) is 0.481. The summed E-state index contributed by atoms with van der Waals surface area (Å²) in [7, 11) is 0. The molecule has 0 unspecified atom stereocenters. The van der Waals surface area contributed by atoms with E-state index in [1.165, 1.54) is 11.8 Å². The summed E-state index contributed by atoms with van der Waals surface area (Å²) in [6, 6.07) is 0. The van der Waals surface area contributed by atoms with Crippen molar-refractivity contribution in [3.63, 3.8) is 0 Å². The Morgan fingerprint density at radius 3 is 2.04 bits per heavy atom. The van der Waals surface area contributed by atoms with Crippen LogP contribution >= 0.6 is 0 Å². The lowest BCUT2D eigenvalue weighted by Crippen LogP contribution is -2.35. The van der Waals surface area contributed by atoms with Crippen molar-refractivity contribution in [3.05, 3.63) is 17.0 Å². The number of rotatable bonds is 6. The Balaban J connectivity index is 1.69. The molecule has 1 aliphatic heterocycles. The maximum absolute atomic E-state index is 12.5. The summed E-state index contributed by atoms with van der Waals surface area (Å²) < 4.78 is 1.58. The molecular weight excluding hydrogens is 342 g/mol. The number of hydrogen-bond acceptors (Lipinski definition) is 5. The highest BCUT2D eigenvalue weighted by Gasteiger charge is 2.81. The maximum Gasteiger partial charge on any atom is 0.312 e. The first-order chi connectivity index (χ1) is 12.1. The largest absolute Gasteiger partial charge is 0.481 e. The molecule has 2 aliphatic rings. The fraction of sp³-hybridized carbons (Fsp3) is 0.588. The van der Waals surface area contributed by atoms with Gasteiger partial charge >= 0.3 is 11.9 Å². The molecule has 2 N–H and O–H groups in total. The summed E-state index contributed by atoms with van der Waals surface area (Å²) in [6.45, 7) is 5.02. The number of likely N-dealkylation sites (tertiary alicyclic amines) is 1. The Labute approximate surface area is 149 Å². The van der Waals surface area contributed by atoms with E-state index in [2.05, 4.69) is 5.10 Å². The van der Waals surface area contributed by atoms with Crippen LogP contribution in [0.3, 0.4) is 0 Å². The van der Waals surface area contributed by atoms with Gasteiger partial charge in [-0.3, -0.25) is 23.9 Å². The third kappa shape index (κ3) is 2.33. The van der Waals surface area contributed by atoms with E-state index in [0.29, 0.717) is 17.0 Å². The number of piperidine rings is 1. The van der Waals surface area contributed by atoms with E-state index < -0.39 is 22.8 Å². The van der Waals surface area contributed by atoms with Crippen molar-refractivity contribution in [2.75, 3.05) is 13.1 Å². The van der Waals surface area contributed by atoms with Crippen LogP contribution in [0.25, 0.3) is 0 Å². The summed E-state index contributed by atoms with van der Waals surface area (Å²) in [5.41, 5.74) is -0.923. The molecule has 3 rings (SSSR count). The zero-order chi connectivity index (χ0) is 19.4. The van der Waals surface area contributed by atoms with E-state index in [1.807, 2.05) is 0 Å². The summed E-state index contributed by atoms with van der Waals surface area (Å²) in [5.74, 6) is -2.74. The lowest BCUT2D eigenvalue weighted by atomic mass is 9.97. The fourth-order valence-electron chi connectivity index (χ4n) is 4.25. The highest BCUT2D eigenvalue weighted by atomic mass is 16.4. The van der Waals surface area contributed by atoms with Crippen LogP contribution < -0.4 is 0 Å². The van der Waals surface area contributed by atoms with E-state index in [1.54, 1.807) is 18.5 Å². The van der Waals surface area contributed by atoms with Crippen LogP contribution in [0.5, 0.6) is 0 Å². The van der Waals surface area contributed by atoms with Gasteiger partial charge in [-0.25, -0.2) is 0 Å². The second kappa shape index (κ2) is 5.65. The van der Waals surface area contributed by atoms with Gasteiger partial charge in [-0.1, -0.05) is 0 Å². The van der Waals surface area contributed by atoms with Gasteiger partial charge in [0.25, 0.3) is 0 Å². The quantitative estimate of drug-likeness (QED) is 0.703. The zero-order valence-corrected chi connectivity index (χ0v) is 14.9. The van der Waals surface area contributed by atoms with Crippen LogP contribution in [-0.2, 0) is 20.9 Å². The van der Waals surface area contributed by atoms with Crippen molar-refractivity contribution in [2.24, 2.45) is 10.8 Å². The summed E-state index contributed by atoms with van der Waals surface area (Å²) in [4.78, 5) is 48.5. The van der Waals surface area contributed by atoms with Gasteiger partial charge in [-0.15, -0.1) is 0 Å². The number of carbonyl (C=O) groups excluding carboxylic acids is 2. The zero-order valence-electron chi connectivity index (χ0n) is 14.9. The Morgan fingerprint density at radius 1 is 1.08 bits per heavy atom. The van der Waals surface area contributed by atoms with Crippen LogP contribution in [-0.4, -0.2) is 61.6 Å². The lowest BCUT2D eigenvalue weighted by molar-refractivity contribution is -0.151. The molecule has 0 radical (unpaired) electrons. The lowest BCUT2D eigenvalue weighted by Gasteiger charge is -2.20. The minimum absolute atomic E-state index is 0.0602. The second-order valence-corrected chi connectivity index (χ2v) is 7.28. The molecule has 0 spiro atoms. The molecule has 1 saturated heterocycles. The van der Waals surface area contributed by atoms with Gasteiger partial charge in [0, 0.05) is 31.7 Å². The standard InChI is InChI=1S/C17H21N3O6/c1-9-13(11(3)21)10(2)20(18-9)5-4-12(22)19-7-16(14(23)24)6-17(16,8-19)15(25)26/h4-8H2,1-3H3,(H,23,24)(H,25,26)/t16-,17+. The molecular formula is C17H21N3O6. The number of ketones is 1. The molecule has 2 atom stereocenters. The number of fused-ring (bicyclic) bond motifs is 1. The Morgan fingerprint density at radius 2 is 1.62 bits per heavy atom. The van der Waals surface area contributed by atoms with Crippen molar-refractivity contribution in [1.82, 2.24) is 14.7 Å². The van der Waals surface area contributed by atoms with Crippen molar-refractivity contribution in [2.45, 2.75) is 40.2 Å². The Kier molecular flexibility index (Phi) is 3.93. The third-order valence-electron chi connectivity index (χ3n) is 5.76. The van der Waals surface area contributed by atoms with Crippen molar-refractivity contribution in [3.8, 4) is 0 Å². The molecule has 0 bridgehead atoms. The fourth-order valence-corrected chi connectivity index (χ4v) is 4.25. The number of aromatic nitrogens is 2. The van der Waals surface area contributed by atoms with E-state index in [4.69, 9.17) is 0 Å². The monoisotopic (exact) mass is 363 g/mol. The average molecular weight is 363 g/mol. The van der Waals surface area contributed by atoms with Gasteiger partial charge in [0.15, 0.2) is 5.78 Å². The van der Waals surface area contributed by atoms with E-state index >= 15 is 0 Å². The Bertz CT molecular complexity index is 816.